The Balaban J connectivity index is 2.13. The molecule has 1 aromatic heterocycles. The van der Waals surface area contributed by atoms with Crippen LogP contribution < -0.4 is 5.32 Å². The van der Waals surface area contributed by atoms with Crippen LogP contribution in [0.2, 0.25) is 0 Å². The van der Waals surface area contributed by atoms with Crippen molar-refractivity contribution in [1.82, 2.24) is 10.3 Å². The van der Waals surface area contributed by atoms with Crippen molar-refractivity contribution in [2.45, 2.75) is 6.42 Å². The van der Waals surface area contributed by atoms with Gasteiger partial charge in [-0.05, 0) is 19.0 Å². The lowest BCUT2D eigenvalue weighted by Crippen LogP contribution is -2.04. The van der Waals surface area contributed by atoms with Crippen molar-refractivity contribution in [3.8, 4) is 0 Å². The molecule has 0 saturated carbocycles. The molecule has 0 aromatic carbocycles. The number of hydrogen-bond acceptors (Lipinski definition) is 3. The normalized spacial score (nSPS) is 21.3. The highest BCUT2D eigenvalue weighted by atomic mass is 32.1. The van der Waals surface area contributed by atoms with Gasteiger partial charge in [0, 0.05) is 18.1 Å². The molecular formula is C8H10N2S. The summed E-state index contributed by atoms with van der Waals surface area (Å²) in [7, 11) is 0. The first kappa shape index (κ1) is 7.00. The van der Waals surface area contributed by atoms with Crippen molar-refractivity contribution in [2.75, 3.05) is 13.1 Å². The van der Waals surface area contributed by atoms with Crippen molar-refractivity contribution >= 4 is 17.4 Å². The van der Waals surface area contributed by atoms with E-state index in [1.54, 1.807) is 11.3 Å². The largest absolute Gasteiger partial charge is 0.313 e. The van der Waals surface area contributed by atoms with Crippen molar-refractivity contribution in [2.24, 2.45) is 0 Å². The van der Waals surface area contributed by atoms with Crippen molar-refractivity contribution < 1.29 is 0 Å². The Kier molecular flexibility index (Phi) is 2.01. The molecule has 2 nitrogen and oxygen atoms in total. The maximum Gasteiger partial charge on any atom is 0.115 e. The summed E-state index contributed by atoms with van der Waals surface area (Å²) in [5, 5.41) is 6.43. The van der Waals surface area contributed by atoms with E-state index in [1.807, 2.05) is 11.6 Å². The Labute approximate surface area is 70.0 Å². The highest BCUT2D eigenvalue weighted by molar-refractivity contribution is 7.10. The standard InChI is InChI=1S/C8H10N2S/c1-2-9-6-7(1)5-8-10-3-4-11-8/h3-5,9H,1-2,6H2/b7-5-. The van der Waals surface area contributed by atoms with E-state index in [0.29, 0.717) is 0 Å². The molecule has 3 heteroatoms. The van der Waals surface area contributed by atoms with Crippen LogP contribution in [0.1, 0.15) is 11.4 Å². The topological polar surface area (TPSA) is 24.9 Å². The van der Waals surface area contributed by atoms with E-state index in [1.165, 1.54) is 12.0 Å². The van der Waals surface area contributed by atoms with E-state index >= 15 is 0 Å². The van der Waals surface area contributed by atoms with Crippen LogP contribution in [0.25, 0.3) is 6.08 Å². The van der Waals surface area contributed by atoms with Crippen LogP contribution in [0.4, 0.5) is 0 Å². The third-order valence-corrected chi connectivity index (χ3v) is 2.48. The molecule has 58 valence electrons. The molecule has 11 heavy (non-hydrogen) atoms. The summed E-state index contributed by atoms with van der Waals surface area (Å²) in [4.78, 5) is 4.19. The fourth-order valence-electron chi connectivity index (χ4n) is 1.19. The molecule has 1 fully saturated rings. The van der Waals surface area contributed by atoms with Crippen LogP contribution in [0.15, 0.2) is 17.2 Å². The van der Waals surface area contributed by atoms with Crippen molar-refractivity contribution in [3.05, 3.63) is 22.2 Å². The number of thiazole rings is 1. The quantitative estimate of drug-likeness (QED) is 0.684. The van der Waals surface area contributed by atoms with Gasteiger partial charge in [-0.25, -0.2) is 4.98 Å². The zero-order chi connectivity index (χ0) is 7.52. The molecule has 0 radical (unpaired) electrons. The second-order valence-corrected chi connectivity index (χ2v) is 3.53. The molecular weight excluding hydrogens is 156 g/mol. The molecule has 1 saturated heterocycles. The molecule has 0 atom stereocenters. The van der Waals surface area contributed by atoms with Crippen LogP contribution in [0.3, 0.4) is 0 Å². The predicted octanol–water partition coefficient (Wildman–Crippen LogP) is 1.52. The monoisotopic (exact) mass is 166 g/mol. The van der Waals surface area contributed by atoms with Crippen LogP contribution in [0.5, 0.6) is 0 Å². The van der Waals surface area contributed by atoms with Gasteiger partial charge in [-0.1, -0.05) is 5.57 Å². The lowest BCUT2D eigenvalue weighted by Gasteiger charge is -1.89. The van der Waals surface area contributed by atoms with Gasteiger partial charge >= 0.3 is 0 Å². The second kappa shape index (κ2) is 3.15. The average Bonchev–Trinajstić information content (AvgIpc) is 2.60. The van der Waals surface area contributed by atoms with Gasteiger partial charge in [-0.15, -0.1) is 11.3 Å². The number of rotatable bonds is 1. The molecule has 0 spiro atoms. The van der Waals surface area contributed by atoms with Crippen molar-refractivity contribution in [1.29, 1.82) is 0 Å². The van der Waals surface area contributed by atoms with Crippen LogP contribution in [-0.2, 0) is 0 Å². The van der Waals surface area contributed by atoms with Crippen molar-refractivity contribution in [3.63, 3.8) is 0 Å². The predicted molar refractivity (Wildman–Crippen MR) is 47.6 cm³/mol. The van der Waals surface area contributed by atoms with Gasteiger partial charge in [0.05, 0.1) is 0 Å². The molecule has 1 aliphatic heterocycles. The van der Waals surface area contributed by atoms with Gasteiger partial charge in [0.2, 0.25) is 0 Å². The van der Waals surface area contributed by atoms with Crippen LogP contribution in [-0.4, -0.2) is 18.1 Å². The van der Waals surface area contributed by atoms with Gasteiger partial charge < -0.3 is 5.32 Å². The van der Waals surface area contributed by atoms with Crippen LogP contribution in [0, 0.1) is 0 Å². The summed E-state index contributed by atoms with van der Waals surface area (Å²) in [5.74, 6) is 0. The molecule has 2 rings (SSSR count). The zero-order valence-corrected chi connectivity index (χ0v) is 7.03. The lowest BCUT2D eigenvalue weighted by atomic mass is 10.2. The van der Waals surface area contributed by atoms with Gasteiger partial charge in [-0.3, -0.25) is 0 Å². The van der Waals surface area contributed by atoms with E-state index in [0.717, 1.165) is 18.1 Å². The maximum absolute atomic E-state index is 4.19. The van der Waals surface area contributed by atoms with E-state index in [2.05, 4.69) is 16.4 Å². The minimum atomic E-state index is 1.04. The molecule has 0 amide bonds. The zero-order valence-electron chi connectivity index (χ0n) is 6.21. The summed E-state index contributed by atoms with van der Waals surface area (Å²) < 4.78 is 0. The second-order valence-electron chi connectivity index (χ2n) is 2.60. The first-order chi connectivity index (χ1) is 5.45. The smallest absolute Gasteiger partial charge is 0.115 e. The van der Waals surface area contributed by atoms with Gasteiger partial charge in [0.15, 0.2) is 0 Å². The highest BCUT2D eigenvalue weighted by Gasteiger charge is 2.05. The summed E-state index contributed by atoms with van der Waals surface area (Å²) >= 11 is 1.69. The number of hydrogen-bond donors (Lipinski definition) is 1. The third kappa shape index (κ3) is 1.67. The van der Waals surface area contributed by atoms with E-state index < -0.39 is 0 Å². The molecule has 2 heterocycles. The Hall–Kier alpha value is -0.670. The summed E-state index contributed by atoms with van der Waals surface area (Å²) in [6, 6.07) is 0. The molecule has 0 unspecified atom stereocenters. The number of nitrogens with zero attached hydrogens (tertiary/aromatic N) is 1. The van der Waals surface area contributed by atoms with E-state index in [9.17, 15) is 0 Å². The first-order valence-corrected chi connectivity index (χ1v) is 4.63. The first-order valence-electron chi connectivity index (χ1n) is 3.75. The highest BCUT2D eigenvalue weighted by Crippen LogP contribution is 2.13. The van der Waals surface area contributed by atoms with E-state index in [-0.39, 0.29) is 0 Å². The van der Waals surface area contributed by atoms with Crippen LogP contribution >= 0.6 is 11.3 Å². The van der Waals surface area contributed by atoms with Gasteiger partial charge in [0.25, 0.3) is 0 Å². The molecule has 1 N–H and O–H groups in total. The van der Waals surface area contributed by atoms with Gasteiger partial charge in [0.1, 0.15) is 5.01 Å². The Morgan fingerprint density at radius 2 is 2.64 bits per heavy atom. The summed E-state index contributed by atoms with van der Waals surface area (Å²) in [6.45, 7) is 2.16. The molecule has 1 aliphatic rings. The maximum atomic E-state index is 4.19. The minimum Gasteiger partial charge on any atom is -0.313 e. The Morgan fingerprint density at radius 1 is 1.64 bits per heavy atom. The fourth-order valence-corrected chi connectivity index (χ4v) is 1.81. The molecule has 1 aromatic rings. The number of aromatic nitrogens is 1. The summed E-state index contributed by atoms with van der Waals surface area (Å²) in [5.41, 5.74) is 1.47. The van der Waals surface area contributed by atoms with Gasteiger partial charge in [-0.2, -0.15) is 0 Å². The SMILES string of the molecule is C(=C1\CCNC1)/c1nccs1. The van der Waals surface area contributed by atoms with E-state index in [4.69, 9.17) is 0 Å². The summed E-state index contributed by atoms with van der Waals surface area (Å²) in [6.07, 6.45) is 5.21. The molecule has 0 aliphatic carbocycles. The fraction of sp³-hybridized carbons (Fsp3) is 0.375. The third-order valence-electron chi connectivity index (χ3n) is 1.75. The number of nitrogens with one attached hydrogen (secondary N) is 1. The Morgan fingerprint density at radius 3 is 3.27 bits per heavy atom. The Bertz CT molecular complexity index is 243. The minimum absolute atomic E-state index is 1.04. The average molecular weight is 166 g/mol. The lowest BCUT2D eigenvalue weighted by molar-refractivity contribution is 0.862. The molecule has 0 bridgehead atoms.